The van der Waals surface area contributed by atoms with Crippen molar-refractivity contribution in [2.24, 2.45) is 0 Å². The molecule has 0 aromatic heterocycles. The molecule has 0 unspecified atom stereocenters. The highest BCUT2D eigenvalue weighted by atomic mass is 16.5. The first-order valence-corrected chi connectivity index (χ1v) is 8.79. The van der Waals surface area contributed by atoms with E-state index in [1.807, 2.05) is 17.0 Å². The van der Waals surface area contributed by atoms with Gasteiger partial charge in [-0.1, -0.05) is 26.0 Å². The molecule has 1 heterocycles. The number of hydrogen-bond donors (Lipinski definition) is 1. The van der Waals surface area contributed by atoms with Crippen LogP contribution >= 0.6 is 0 Å². The van der Waals surface area contributed by atoms with E-state index in [1.165, 1.54) is 5.56 Å². The number of benzene rings is 1. The molecule has 5 heteroatoms. The number of likely N-dealkylation sites (N-methyl/N-ethyl adjacent to an activating group) is 1. The topological polar surface area (TPSA) is 44.8 Å². The molecule has 24 heavy (non-hydrogen) atoms. The second-order valence-corrected chi connectivity index (χ2v) is 7.05. The van der Waals surface area contributed by atoms with Crippen molar-refractivity contribution >= 4 is 5.91 Å². The Morgan fingerprint density at radius 2 is 1.71 bits per heavy atom. The standard InChI is InChI=1S/C19H31N3O2/c1-14(2)20-15(3)18(21(4)5)16-6-8-17(9-7-16)19(23)22-10-12-24-13-11-22/h6-9,14-15,18,20H,10-13H2,1-5H3/t15-,18+/m0/s1. The minimum Gasteiger partial charge on any atom is -0.378 e. The maximum atomic E-state index is 12.5. The summed E-state index contributed by atoms with van der Waals surface area (Å²) in [7, 11) is 4.19. The molecular weight excluding hydrogens is 302 g/mol. The van der Waals surface area contributed by atoms with Gasteiger partial charge in [0, 0.05) is 36.8 Å². The molecule has 1 aliphatic rings. The highest BCUT2D eigenvalue weighted by molar-refractivity contribution is 5.94. The van der Waals surface area contributed by atoms with Gasteiger partial charge in [-0.05, 0) is 38.7 Å². The van der Waals surface area contributed by atoms with Crippen LogP contribution in [0, 0.1) is 0 Å². The first-order valence-electron chi connectivity index (χ1n) is 8.79. The van der Waals surface area contributed by atoms with E-state index < -0.39 is 0 Å². The number of hydrogen-bond acceptors (Lipinski definition) is 4. The highest BCUT2D eigenvalue weighted by Gasteiger charge is 2.23. The Balaban J connectivity index is 2.12. The largest absolute Gasteiger partial charge is 0.378 e. The zero-order valence-corrected chi connectivity index (χ0v) is 15.6. The highest BCUT2D eigenvalue weighted by Crippen LogP contribution is 2.23. The lowest BCUT2D eigenvalue weighted by atomic mass is 9.97. The van der Waals surface area contributed by atoms with E-state index in [4.69, 9.17) is 4.74 Å². The SMILES string of the molecule is CC(C)N[C@@H](C)[C@H](c1ccc(C(=O)N2CCOCC2)cc1)N(C)C. The van der Waals surface area contributed by atoms with Crippen LogP contribution in [-0.4, -0.2) is 68.2 Å². The Morgan fingerprint density at radius 1 is 1.12 bits per heavy atom. The molecule has 0 aliphatic carbocycles. The summed E-state index contributed by atoms with van der Waals surface area (Å²) in [6.07, 6.45) is 0. The third kappa shape index (κ3) is 4.79. The molecule has 0 spiro atoms. The molecule has 5 nitrogen and oxygen atoms in total. The zero-order valence-electron chi connectivity index (χ0n) is 15.6. The van der Waals surface area contributed by atoms with E-state index in [2.05, 4.69) is 57.2 Å². The lowest BCUT2D eigenvalue weighted by molar-refractivity contribution is 0.0303. The van der Waals surface area contributed by atoms with Crippen LogP contribution in [0.2, 0.25) is 0 Å². The number of nitrogens with one attached hydrogen (secondary N) is 1. The van der Waals surface area contributed by atoms with Crippen LogP contribution in [-0.2, 0) is 4.74 Å². The van der Waals surface area contributed by atoms with Gasteiger partial charge in [-0.15, -0.1) is 0 Å². The summed E-state index contributed by atoms with van der Waals surface area (Å²) >= 11 is 0. The molecule has 2 atom stereocenters. The summed E-state index contributed by atoms with van der Waals surface area (Å²) in [5.74, 6) is 0.0969. The lowest BCUT2D eigenvalue weighted by Crippen LogP contribution is -2.42. The van der Waals surface area contributed by atoms with Crippen LogP contribution in [0.15, 0.2) is 24.3 Å². The molecule has 1 fully saturated rings. The quantitative estimate of drug-likeness (QED) is 0.866. The molecule has 0 saturated carbocycles. The molecule has 1 aromatic rings. The number of carbonyl (C=O) groups is 1. The van der Waals surface area contributed by atoms with Gasteiger partial charge in [0.15, 0.2) is 0 Å². The normalized spacial score (nSPS) is 18.0. The van der Waals surface area contributed by atoms with Gasteiger partial charge in [-0.3, -0.25) is 4.79 Å². The fraction of sp³-hybridized carbons (Fsp3) is 0.632. The first kappa shape index (κ1) is 18.9. The molecule has 0 bridgehead atoms. The van der Waals surface area contributed by atoms with Gasteiger partial charge in [0.1, 0.15) is 0 Å². The van der Waals surface area contributed by atoms with Crippen molar-refractivity contribution in [1.82, 2.24) is 15.1 Å². The van der Waals surface area contributed by atoms with Gasteiger partial charge >= 0.3 is 0 Å². The monoisotopic (exact) mass is 333 g/mol. The van der Waals surface area contributed by atoms with Gasteiger partial charge in [0.05, 0.1) is 13.2 Å². The molecule has 2 rings (SSSR count). The molecule has 134 valence electrons. The van der Waals surface area contributed by atoms with Crippen molar-refractivity contribution in [3.05, 3.63) is 35.4 Å². The molecule has 1 aromatic carbocycles. The summed E-state index contributed by atoms with van der Waals surface area (Å²) in [4.78, 5) is 16.6. The third-order valence-corrected chi connectivity index (χ3v) is 4.42. The minimum atomic E-state index is 0.0969. The number of amides is 1. The van der Waals surface area contributed by atoms with E-state index in [1.54, 1.807) is 0 Å². The van der Waals surface area contributed by atoms with Gasteiger partial charge in [-0.2, -0.15) is 0 Å². The second-order valence-electron chi connectivity index (χ2n) is 7.05. The Kier molecular flexibility index (Phi) is 6.78. The number of carbonyl (C=O) groups excluding carboxylic acids is 1. The maximum Gasteiger partial charge on any atom is 0.254 e. The van der Waals surface area contributed by atoms with Crippen LogP contribution < -0.4 is 5.32 Å². The summed E-state index contributed by atoms with van der Waals surface area (Å²) in [6.45, 7) is 9.14. The van der Waals surface area contributed by atoms with Crippen molar-refractivity contribution < 1.29 is 9.53 Å². The van der Waals surface area contributed by atoms with Crippen molar-refractivity contribution in [1.29, 1.82) is 0 Å². The van der Waals surface area contributed by atoms with Gasteiger partial charge in [0.2, 0.25) is 0 Å². The van der Waals surface area contributed by atoms with E-state index in [0.29, 0.717) is 38.4 Å². The van der Waals surface area contributed by atoms with E-state index in [-0.39, 0.29) is 11.9 Å². The van der Waals surface area contributed by atoms with Crippen molar-refractivity contribution in [2.75, 3.05) is 40.4 Å². The fourth-order valence-electron chi connectivity index (χ4n) is 3.42. The number of nitrogens with zero attached hydrogens (tertiary/aromatic N) is 2. The Morgan fingerprint density at radius 3 is 2.21 bits per heavy atom. The number of ether oxygens (including phenoxy) is 1. The molecule has 1 N–H and O–H groups in total. The lowest BCUT2D eigenvalue weighted by Gasteiger charge is -2.32. The van der Waals surface area contributed by atoms with Crippen molar-refractivity contribution in [3.8, 4) is 0 Å². The Labute approximate surface area is 146 Å². The fourth-order valence-corrected chi connectivity index (χ4v) is 3.42. The molecule has 1 saturated heterocycles. The number of morpholine rings is 1. The van der Waals surface area contributed by atoms with Crippen LogP contribution in [0.5, 0.6) is 0 Å². The van der Waals surface area contributed by atoms with E-state index in [9.17, 15) is 4.79 Å². The molecule has 1 aliphatic heterocycles. The average Bonchev–Trinajstić information content (AvgIpc) is 2.55. The summed E-state index contributed by atoms with van der Waals surface area (Å²) in [5.41, 5.74) is 1.97. The van der Waals surface area contributed by atoms with Gasteiger partial charge < -0.3 is 19.9 Å². The Hall–Kier alpha value is -1.43. The zero-order chi connectivity index (χ0) is 17.7. The van der Waals surface area contributed by atoms with Gasteiger partial charge in [0.25, 0.3) is 5.91 Å². The van der Waals surface area contributed by atoms with E-state index >= 15 is 0 Å². The summed E-state index contributed by atoms with van der Waals surface area (Å²) in [6, 6.07) is 9.08. The first-order chi connectivity index (χ1) is 11.4. The number of rotatable bonds is 6. The Bertz CT molecular complexity index is 522. The molecule has 0 radical (unpaired) electrons. The van der Waals surface area contributed by atoms with Crippen LogP contribution in [0.4, 0.5) is 0 Å². The van der Waals surface area contributed by atoms with Crippen molar-refractivity contribution in [2.45, 2.75) is 38.9 Å². The maximum absolute atomic E-state index is 12.5. The molecule has 1 amide bonds. The van der Waals surface area contributed by atoms with Crippen LogP contribution in [0.25, 0.3) is 0 Å². The van der Waals surface area contributed by atoms with Gasteiger partial charge in [-0.25, -0.2) is 0 Å². The predicted molar refractivity (Wildman–Crippen MR) is 97.3 cm³/mol. The van der Waals surface area contributed by atoms with Crippen LogP contribution in [0.1, 0.15) is 42.7 Å². The van der Waals surface area contributed by atoms with Crippen LogP contribution in [0.3, 0.4) is 0 Å². The summed E-state index contributed by atoms with van der Waals surface area (Å²) < 4.78 is 5.31. The van der Waals surface area contributed by atoms with E-state index in [0.717, 1.165) is 5.56 Å². The second kappa shape index (κ2) is 8.60. The molecular formula is C19H31N3O2. The predicted octanol–water partition coefficient (Wildman–Crippen LogP) is 2.15. The summed E-state index contributed by atoms with van der Waals surface area (Å²) in [5, 5.41) is 3.58. The smallest absolute Gasteiger partial charge is 0.254 e. The minimum absolute atomic E-state index is 0.0969. The average molecular weight is 333 g/mol. The third-order valence-electron chi connectivity index (χ3n) is 4.42. The van der Waals surface area contributed by atoms with Crippen molar-refractivity contribution in [3.63, 3.8) is 0 Å².